The van der Waals surface area contributed by atoms with Crippen LogP contribution in [0.15, 0.2) is 29.2 Å². The van der Waals surface area contributed by atoms with E-state index in [-0.39, 0.29) is 0 Å². The van der Waals surface area contributed by atoms with Crippen LogP contribution in [0.2, 0.25) is 0 Å². The van der Waals surface area contributed by atoms with Crippen molar-refractivity contribution >= 4 is 17.7 Å². The zero-order chi connectivity index (χ0) is 13.9. The highest BCUT2D eigenvalue weighted by atomic mass is 32.2. The first-order valence-electron chi connectivity index (χ1n) is 6.91. The number of carbonyl (C=O) groups is 1. The second-order valence-corrected chi connectivity index (χ2v) is 5.60. The summed E-state index contributed by atoms with van der Waals surface area (Å²) in [6, 6.07) is 7.21. The molecule has 0 saturated heterocycles. The van der Waals surface area contributed by atoms with Crippen LogP contribution in [0.4, 0.5) is 0 Å². The first-order valence-corrected chi connectivity index (χ1v) is 7.90. The highest BCUT2D eigenvalue weighted by Crippen LogP contribution is 2.23. The molecule has 0 atom stereocenters. The predicted octanol–water partition coefficient (Wildman–Crippen LogP) is 3.65. The van der Waals surface area contributed by atoms with E-state index >= 15 is 0 Å². The number of hydrogen-bond donors (Lipinski definition) is 2. The number of unbranched alkanes of at least 4 members (excludes halogenated alkanes) is 2. The van der Waals surface area contributed by atoms with Crippen molar-refractivity contribution in [2.75, 3.05) is 18.8 Å². The largest absolute Gasteiger partial charge is 0.478 e. The number of rotatable bonds is 10. The Morgan fingerprint density at radius 3 is 2.74 bits per heavy atom. The molecule has 2 N–H and O–H groups in total. The van der Waals surface area contributed by atoms with Crippen LogP contribution in [-0.4, -0.2) is 29.9 Å². The van der Waals surface area contributed by atoms with E-state index in [2.05, 4.69) is 12.2 Å². The number of hydrogen-bond acceptors (Lipinski definition) is 3. The number of benzene rings is 1. The summed E-state index contributed by atoms with van der Waals surface area (Å²) >= 11 is 1.64. The maximum Gasteiger partial charge on any atom is 0.336 e. The predicted molar refractivity (Wildman–Crippen MR) is 81.1 cm³/mol. The Morgan fingerprint density at radius 1 is 1.21 bits per heavy atom. The van der Waals surface area contributed by atoms with Crippen LogP contribution >= 0.6 is 11.8 Å². The van der Waals surface area contributed by atoms with Crippen LogP contribution in [-0.2, 0) is 0 Å². The lowest BCUT2D eigenvalue weighted by Crippen LogP contribution is -2.15. The van der Waals surface area contributed by atoms with Crippen molar-refractivity contribution in [3.8, 4) is 0 Å². The summed E-state index contributed by atoms with van der Waals surface area (Å²) in [4.78, 5) is 11.9. The van der Waals surface area contributed by atoms with Gasteiger partial charge in [0.15, 0.2) is 0 Å². The quantitative estimate of drug-likeness (QED) is 0.508. The molecule has 106 valence electrons. The normalized spacial score (nSPS) is 10.6. The summed E-state index contributed by atoms with van der Waals surface area (Å²) in [6.07, 6.45) is 4.70. The van der Waals surface area contributed by atoms with E-state index in [4.69, 9.17) is 5.11 Å². The third kappa shape index (κ3) is 6.64. The molecule has 0 amide bonds. The van der Waals surface area contributed by atoms with E-state index in [9.17, 15) is 4.79 Å². The van der Waals surface area contributed by atoms with Crippen LogP contribution in [0.25, 0.3) is 0 Å². The van der Waals surface area contributed by atoms with Gasteiger partial charge in [-0.25, -0.2) is 4.79 Å². The molecular formula is C15H23NO2S. The van der Waals surface area contributed by atoms with E-state index in [0.717, 1.165) is 30.2 Å². The van der Waals surface area contributed by atoms with E-state index in [0.29, 0.717) is 5.56 Å². The molecule has 0 radical (unpaired) electrons. The second kappa shape index (κ2) is 9.87. The van der Waals surface area contributed by atoms with Crippen molar-refractivity contribution in [3.63, 3.8) is 0 Å². The van der Waals surface area contributed by atoms with Gasteiger partial charge in [0, 0.05) is 4.90 Å². The van der Waals surface area contributed by atoms with E-state index in [1.165, 1.54) is 19.3 Å². The smallest absolute Gasteiger partial charge is 0.336 e. The van der Waals surface area contributed by atoms with Crippen LogP contribution in [0.1, 0.15) is 43.0 Å². The Bertz CT molecular complexity index is 382. The van der Waals surface area contributed by atoms with Gasteiger partial charge in [-0.3, -0.25) is 0 Å². The van der Waals surface area contributed by atoms with Crippen molar-refractivity contribution < 1.29 is 9.90 Å². The van der Waals surface area contributed by atoms with E-state index in [1.807, 2.05) is 12.1 Å². The average molecular weight is 281 g/mol. The summed E-state index contributed by atoms with van der Waals surface area (Å²) in [7, 11) is 0. The fraction of sp³-hybridized carbons (Fsp3) is 0.533. The van der Waals surface area contributed by atoms with Crippen LogP contribution in [0.3, 0.4) is 0 Å². The van der Waals surface area contributed by atoms with Gasteiger partial charge in [0.1, 0.15) is 0 Å². The third-order valence-corrected chi connectivity index (χ3v) is 3.96. The zero-order valence-electron chi connectivity index (χ0n) is 11.5. The van der Waals surface area contributed by atoms with Crippen molar-refractivity contribution in [3.05, 3.63) is 29.8 Å². The summed E-state index contributed by atoms with van der Waals surface area (Å²) in [5.74, 6) is 0.143. The molecule has 0 bridgehead atoms. The van der Waals surface area contributed by atoms with Crippen LogP contribution in [0, 0.1) is 0 Å². The van der Waals surface area contributed by atoms with E-state index < -0.39 is 5.97 Å². The number of thioether (sulfide) groups is 1. The van der Waals surface area contributed by atoms with Gasteiger partial charge in [-0.05, 0) is 50.2 Å². The standard InChI is InChI=1S/C15H23NO2S/c1-2-10-16-11-6-3-7-12-19-14-9-5-4-8-13(14)15(17)18/h4-5,8-9,16H,2-3,6-7,10-12H2,1H3,(H,17,18). The first-order chi connectivity index (χ1) is 9.25. The fourth-order valence-corrected chi connectivity index (χ4v) is 2.84. The Kier molecular flexibility index (Phi) is 8.34. The van der Waals surface area contributed by atoms with Crippen molar-refractivity contribution in [2.24, 2.45) is 0 Å². The molecule has 0 aliphatic carbocycles. The van der Waals surface area contributed by atoms with Gasteiger partial charge in [0.2, 0.25) is 0 Å². The Balaban J connectivity index is 2.17. The lowest BCUT2D eigenvalue weighted by Gasteiger charge is -2.06. The fourth-order valence-electron chi connectivity index (χ4n) is 1.78. The van der Waals surface area contributed by atoms with Gasteiger partial charge in [-0.1, -0.05) is 25.5 Å². The number of carboxylic acids is 1. The number of aromatic carboxylic acids is 1. The molecule has 1 aromatic carbocycles. The summed E-state index contributed by atoms with van der Waals surface area (Å²) in [5.41, 5.74) is 0.414. The Hall–Kier alpha value is -1.00. The van der Waals surface area contributed by atoms with Crippen molar-refractivity contribution in [1.29, 1.82) is 0 Å². The Morgan fingerprint density at radius 2 is 2.00 bits per heavy atom. The highest BCUT2D eigenvalue weighted by molar-refractivity contribution is 7.99. The maximum atomic E-state index is 11.0. The molecule has 3 nitrogen and oxygen atoms in total. The molecule has 1 aromatic rings. The monoisotopic (exact) mass is 281 g/mol. The molecule has 0 spiro atoms. The van der Waals surface area contributed by atoms with Gasteiger partial charge < -0.3 is 10.4 Å². The molecule has 4 heteroatoms. The maximum absolute atomic E-state index is 11.0. The van der Waals surface area contributed by atoms with Crippen LogP contribution in [0.5, 0.6) is 0 Å². The van der Waals surface area contributed by atoms with Crippen molar-refractivity contribution in [2.45, 2.75) is 37.5 Å². The first kappa shape index (κ1) is 16.1. The molecule has 0 unspecified atom stereocenters. The van der Waals surface area contributed by atoms with Gasteiger partial charge in [-0.15, -0.1) is 11.8 Å². The topological polar surface area (TPSA) is 49.3 Å². The molecule has 0 fully saturated rings. The minimum atomic E-state index is -0.841. The molecule has 0 aliphatic heterocycles. The second-order valence-electron chi connectivity index (χ2n) is 4.46. The molecule has 1 rings (SSSR count). The highest BCUT2D eigenvalue weighted by Gasteiger charge is 2.08. The Labute approximate surface area is 119 Å². The average Bonchev–Trinajstić information content (AvgIpc) is 2.42. The zero-order valence-corrected chi connectivity index (χ0v) is 12.3. The molecule has 0 aromatic heterocycles. The van der Waals surface area contributed by atoms with E-state index in [1.54, 1.807) is 23.9 Å². The molecule has 0 saturated carbocycles. The molecule has 0 heterocycles. The van der Waals surface area contributed by atoms with Crippen molar-refractivity contribution in [1.82, 2.24) is 5.32 Å². The lowest BCUT2D eigenvalue weighted by atomic mass is 10.2. The lowest BCUT2D eigenvalue weighted by molar-refractivity contribution is 0.0693. The minimum Gasteiger partial charge on any atom is -0.478 e. The third-order valence-electron chi connectivity index (χ3n) is 2.80. The number of nitrogens with one attached hydrogen (secondary N) is 1. The molecule has 0 aliphatic rings. The minimum absolute atomic E-state index is 0.414. The van der Waals surface area contributed by atoms with Gasteiger partial charge in [-0.2, -0.15) is 0 Å². The summed E-state index contributed by atoms with van der Waals surface area (Å²) in [5, 5.41) is 12.5. The van der Waals surface area contributed by atoms with Crippen LogP contribution < -0.4 is 5.32 Å². The molecular weight excluding hydrogens is 258 g/mol. The van der Waals surface area contributed by atoms with Gasteiger partial charge in [0.25, 0.3) is 0 Å². The van der Waals surface area contributed by atoms with Gasteiger partial charge in [0.05, 0.1) is 5.56 Å². The SMILES string of the molecule is CCCNCCCCCSc1ccccc1C(=O)O. The number of carboxylic acid groups (broad SMARTS) is 1. The van der Waals surface area contributed by atoms with Gasteiger partial charge >= 0.3 is 5.97 Å². The molecule has 19 heavy (non-hydrogen) atoms. The summed E-state index contributed by atoms with van der Waals surface area (Å²) < 4.78 is 0. The summed E-state index contributed by atoms with van der Waals surface area (Å²) in [6.45, 7) is 4.36.